The predicted molar refractivity (Wildman–Crippen MR) is 69.8 cm³/mol. The molecule has 1 heterocycles. The highest BCUT2D eigenvalue weighted by atomic mass is 79.9. The predicted octanol–water partition coefficient (Wildman–Crippen LogP) is 2.82. The second-order valence-corrected chi connectivity index (χ2v) is 4.61. The molecule has 0 amide bonds. The zero-order valence-corrected chi connectivity index (χ0v) is 10.7. The highest BCUT2D eigenvalue weighted by Crippen LogP contribution is 2.25. The number of nitrogens with zero attached hydrogens (tertiary/aromatic N) is 2. The van der Waals surface area contributed by atoms with E-state index in [1.807, 2.05) is 32.2 Å². The van der Waals surface area contributed by atoms with Crippen LogP contribution in [0.15, 0.2) is 28.9 Å². The average Bonchev–Trinajstić information content (AvgIpc) is 2.50. The fraction of sp³-hybridized carbons (Fsp3) is 0.182. The summed E-state index contributed by atoms with van der Waals surface area (Å²) in [4.78, 5) is 0. The zero-order chi connectivity index (χ0) is 11.7. The maximum Gasteiger partial charge on any atom is 0.175 e. The Balaban J connectivity index is 2.30. The van der Waals surface area contributed by atoms with Crippen molar-refractivity contribution < 1.29 is 0 Å². The van der Waals surface area contributed by atoms with Gasteiger partial charge in [-0.3, -0.25) is 4.68 Å². The summed E-state index contributed by atoms with van der Waals surface area (Å²) < 4.78 is 2.75. The molecule has 0 atom stereocenters. The molecule has 1 aromatic heterocycles. The first-order valence-electron chi connectivity index (χ1n) is 4.88. The van der Waals surface area contributed by atoms with Crippen molar-refractivity contribution in [2.75, 3.05) is 11.1 Å². The van der Waals surface area contributed by atoms with Gasteiger partial charge in [-0.2, -0.15) is 5.10 Å². The first-order chi connectivity index (χ1) is 7.56. The first kappa shape index (κ1) is 11.0. The topological polar surface area (TPSA) is 55.9 Å². The molecule has 5 heteroatoms. The Bertz CT molecular complexity index is 519. The second kappa shape index (κ2) is 4.17. The minimum Gasteiger partial charge on any atom is -0.394 e. The standard InChI is InChI=1S/C11H13BrN4/c1-7-5-8(12)3-4-10(7)14-11-9(13)6-16(2)15-11/h3-6H,13H2,1-2H3,(H,14,15). The Morgan fingerprint density at radius 3 is 2.75 bits per heavy atom. The molecule has 0 unspecified atom stereocenters. The fourth-order valence-corrected chi connectivity index (χ4v) is 1.97. The first-order valence-corrected chi connectivity index (χ1v) is 5.68. The summed E-state index contributed by atoms with van der Waals surface area (Å²) >= 11 is 3.43. The van der Waals surface area contributed by atoms with E-state index in [0.29, 0.717) is 11.5 Å². The van der Waals surface area contributed by atoms with Crippen LogP contribution in [0.5, 0.6) is 0 Å². The number of rotatable bonds is 2. The van der Waals surface area contributed by atoms with Crippen molar-refractivity contribution in [3.8, 4) is 0 Å². The molecule has 0 spiro atoms. The molecule has 1 aromatic carbocycles. The molecule has 84 valence electrons. The Morgan fingerprint density at radius 1 is 1.44 bits per heavy atom. The van der Waals surface area contributed by atoms with E-state index in [1.54, 1.807) is 10.9 Å². The lowest BCUT2D eigenvalue weighted by Crippen LogP contribution is -1.97. The number of hydrogen-bond acceptors (Lipinski definition) is 3. The van der Waals surface area contributed by atoms with E-state index < -0.39 is 0 Å². The molecule has 0 aliphatic rings. The smallest absolute Gasteiger partial charge is 0.175 e. The van der Waals surface area contributed by atoms with Gasteiger partial charge in [0, 0.05) is 23.4 Å². The largest absolute Gasteiger partial charge is 0.394 e. The number of hydrogen-bond donors (Lipinski definition) is 2. The van der Waals surface area contributed by atoms with E-state index in [0.717, 1.165) is 15.7 Å². The number of nitrogens with one attached hydrogen (secondary N) is 1. The lowest BCUT2D eigenvalue weighted by atomic mass is 10.2. The zero-order valence-electron chi connectivity index (χ0n) is 9.16. The van der Waals surface area contributed by atoms with E-state index in [2.05, 4.69) is 26.3 Å². The Labute approximate surface area is 103 Å². The molecule has 2 aromatic rings. The number of halogens is 1. The van der Waals surface area contributed by atoms with Crippen LogP contribution in [0.1, 0.15) is 5.56 Å². The van der Waals surface area contributed by atoms with Crippen molar-refractivity contribution in [2.45, 2.75) is 6.92 Å². The summed E-state index contributed by atoms with van der Waals surface area (Å²) in [7, 11) is 1.84. The van der Waals surface area contributed by atoms with Crippen LogP contribution in [0.2, 0.25) is 0 Å². The maximum absolute atomic E-state index is 5.81. The summed E-state index contributed by atoms with van der Waals surface area (Å²) in [5.74, 6) is 0.688. The molecule has 0 saturated heterocycles. The summed E-state index contributed by atoms with van der Waals surface area (Å²) in [6, 6.07) is 6.02. The Morgan fingerprint density at radius 2 is 2.19 bits per heavy atom. The average molecular weight is 281 g/mol. The second-order valence-electron chi connectivity index (χ2n) is 3.69. The molecule has 0 saturated carbocycles. The van der Waals surface area contributed by atoms with E-state index in [9.17, 15) is 0 Å². The van der Waals surface area contributed by atoms with E-state index in [-0.39, 0.29) is 0 Å². The summed E-state index contributed by atoms with van der Waals surface area (Å²) in [6.45, 7) is 2.03. The molecule has 16 heavy (non-hydrogen) atoms. The summed E-state index contributed by atoms with van der Waals surface area (Å²) in [6.07, 6.45) is 1.77. The molecular weight excluding hydrogens is 268 g/mol. The van der Waals surface area contributed by atoms with Crippen LogP contribution in [0.4, 0.5) is 17.2 Å². The molecule has 4 nitrogen and oxygen atoms in total. The van der Waals surface area contributed by atoms with Crippen LogP contribution in [0, 0.1) is 6.92 Å². The van der Waals surface area contributed by atoms with E-state index in [1.165, 1.54) is 0 Å². The molecule has 0 fully saturated rings. The quantitative estimate of drug-likeness (QED) is 0.890. The van der Waals surface area contributed by atoms with Crippen LogP contribution in [-0.2, 0) is 7.05 Å². The van der Waals surface area contributed by atoms with Gasteiger partial charge in [0.25, 0.3) is 0 Å². The van der Waals surface area contributed by atoms with Gasteiger partial charge in [0.1, 0.15) is 0 Å². The molecule has 3 N–H and O–H groups in total. The van der Waals surface area contributed by atoms with Gasteiger partial charge >= 0.3 is 0 Å². The van der Waals surface area contributed by atoms with Crippen LogP contribution in [0.3, 0.4) is 0 Å². The normalized spacial score (nSPS) is 10.4. The Kier molecular flexibility index (Phi) is 2.87. The lowest BCUT2D eigenvalue weighted by Gasteiger charge is -2.07. The molecule has 0 radical (unpaired) electrons. The Hall–Kier alpha value is -1.49. The molecule has 2 rings (SSSR count). The van der Waals surface area contributed by atoms with Gasteiger partial charge < -0.3 is 11.1 Å². The number of aryl methyl sites for hydroxylation is 2. The maximum atomic E-state index is 5.81. The van der Waals surface area contributed by atoms with Gasteiger partial charge in [-0.15, -0.1) is 0 Å². The highest BCUT2D eigenvalue weighted by molar-refractivity contribution is 9.10. The van der Waals surface area contributed by atoms with Crippen molar-refractivity contribution in [3.05, 3.63) is 34.4 Å². The molecule has 0 aliphatic carbocycles. The van der Waals surface area contributed by atoms with Gasteiger partial charge in [-0.25, -0.2) is 0 Å². The monoisotopic (exact) mass is 280 g/mol. The van der Waals surface area contributed by atoms with Crippen molar-refractivity contribution >= 4 is 33.1 Å². The van der Waals surface area contributed by atoms with Gasteiger partial charge in [0.05, 0.1) is 5.69 Å². The van der Waals surface area contributed by atoms with E-state index in [4.69, 9.17) is 5.73 Å². The van der Waals surface area contributed by atoms with Crippen LogP contribution in [0.25, 0.3) is 0 Å². The van der Waals surface area contributed by atoms with Gasteiger partial charge in [-0.05, 0) is 30.7 Å². The number of nitrogen functional groups attached to an aromatic ring is 1. The SMILES string of the molecule is Cc1cc(Br)ccc1Nc1nn(C)cc1N. The molecule has 0 bridgehead atoms. The van der Waals surface area contributed by atoms with Crippen molar-refractivity contribution in [2.24, 2.45) is 7.05 Å². The third kappa shape index (κ3) is 2.19. The van der Waals surface area contributed by atoms with Gasteiger partial charge in [-0.1, -0.05) is 15.9 Å². The van der Waals surface area contributed by atoms with E-state index >= 15 is 0 Å². The van der Waals surface area contributed by atoms with Crippen molar-refractivity contribution in [1.29, 1.82) is 0 Å². The number of nitrogens with two attached hydrogens (primary N) is 1. The van der Waals surface area contributed by atoms with Crippen LogP contribution < -0.4 is 11.1 Å². The van der Waals surface area contributed by atoms with Crippen LogP contribution >= 0.6 is 15.9 Å². The van der Waals surface area contributed by atoms with Crippen molar-refractivity contribution in [3.63, 3.8) is 0 Å². The number of anilines is 3. The summed E-state index contributed by atoms with van der Waals surface area (Å²) in [5.41, 5.74) is 8.60. The number of aromatic nitrogens is 2. The third-order valence-corrected chi connectivity index (χ3v) is 2.79. The minimum atomic E-state index is 0.643. The van der Waals surface area contributed by atoms with Gasteiger partial charge in [0.2, 0.25) is 0 Å². The molecular formula is C11H13BrN4. The summed E-state index contributed by atoms with van der Waals surface area (Å²) in [5, 5.41) is 7.45. The van der Waals surface area contributed by atoms with Gasteiger partial charge in [0.15, 0.2) is 5.82 Å². The fourth-order valence-electron chi connectivity index (χ4n) is 1.50. The third-order valence-electron chi connectivity index (χ3n) is 2.30. The van der Waals surface area contributed by atoms with Crippen molar-refractivity contribution in [1.82, 2.24) is 9.78 Å². The number of benzene rings is 1. The van der Waals surface area contributed by atoms with Crippen LogP contribution in [-0.4, -0.2) is 9.78 Å². The molecule has 0 aliphatic heterocycles. The lowest BCUT2D eigenvalue weighted by molar-refractivity contribution is 0.771. The minimum absolute atomic E-state index is 0.643. The highest BCUT2D eigenvalue weighted by Gasteiger charge is 2.06.